The Morgan fingerprint density at radius 1 is 0.950 bits per heavy atom. The summed E-state index contributed by atoms with van der Waals surface area (Å²) < 4.78 is 28.0. The van der Waals surface area contributed by atoms with E-state index in [1.165, 1.54) is 4.90 Å². The smallest absolute Gasteiger partial charge is 0.244 e. The molecule has 0 aliphatic rings. The first-order valence-corrected chi connectivity index (χ1v) is 16.0. The van der Waals surface area contributed by atoms with E-state index in [0.717, 1.165) is 43.7 Å². The number of hydrogen-bond donors (Lipinski definition) is 1. The molecule has 0 radical (unpaired) electrons. The van der Waals surface area contributed by atoms with E-state index in [0.29, 0.717) is 5.69 Å². The number of anilines is 1. The van der Waals surface area contributed by atoms with Crippen molar-refractivity contribution in [1.82, 2.24) is 10.2 Å². The van der Waals surface area contributed by atoms with Gasteiger partial charge in [-0.1, -0.05) is 77.5 Å². The summed E-state index contributed by atoms with van der Waals surface area (Å²) in [5.74, 6) is -0.745. The summed E-state index contributed by atoms with van der Waals surface area (Å²) in [4.78, 5) is 29.4. The molecule has 2 amide bonds. The van der Waals surface area contributed by atoms with Crippen molar-refractivity contribution in [1.29, 1.82) is 0 Å². The second-order valence-electron chi connectivity index (χ2n) is 10.2. The third kappa shape index (κ3) is 8.66. The molecule has 0 aliphatic heterocycles. The van der Waals surface area contributed by atoms with Crippen molar-refractivity contribution < 1.29 is 18.0 Å². The summed E-state index contributed by atoms with van der Waals surface area (Å²) in [5.41, 5.74) is 3.77. The summed E-state index contributed by atoms with van der Waals surface area (Å²) in [6.07, 6.45) is 2.11. The number of hydrogen-bond acceptors (Lipinski definition) is 4. The van der Waals surface area contributed by atoms with Crippen LogP contribution < -0.4 is 9.62 Å². The van der Waals surface area contributed by atoms with Gasteiger partial charge in [-0.15, -0.1) is 0 Å². The Balaban J connectivity index is 2.09. The van der Waals surface area contributed by atoms with Crippen LogP contribution in [0, 0.1) is 13.8 Å². The number of rotatable bonds is 12. The van der Waals surface area contributed by atoms with E-state index in [1.54, 1.807) is 6.07 Å². The van der Waals surface area contributed by atoms with Gasteiger partial charge in [0.05, 0.1) is 11.9 Å². The van der Waals surface area contributed by atoms with Crippen LogP contribution in [0.1, 0.15) is 42.5 Å². The maximum absolute atomic E-state index is 14.2. The Morgan fingerprint density at radius 2 is 1.62 bits per heavy atom. The van der Waals surface area contributed by atoms with Gasteiger partial charge in [0.25, 0.3) is 0 Å². The van der Waals surface area contributed by atoms with Crippen LogP contribution in [0.4, 0.5) is 5.69 Å². The summed E-state index contributed by atoms with van der Waals surface area (Å²) in [6.45, 7) is 7.29. The lowest BCUT2D eigenvalue weighted by atomic mass is 10.0. The Bertz CT molecular complexity index is 1430. The lowest BCUT2D eigenvalue weighted by molar-refractivity contribution is -0.140. The number of halogens is 1. The highest BCUT2D eigenvalue weighted by molar-refractivity contribution is 9.10. The van der Waals surface area contributed by atoms with Crippen molar-refractivity contribution in [2.75, 3.05) is 17.1 Å². The predicted octanol–water partition coefficient (Wildman–Crippen LogP) is 5.39. The normalized spacial score (nSPS) is 12.8. The number of carbonyl (C=O) groups excluding carboxylic acids is 2. The van der Waals surface area contributed by atoms with Crippen LogP contribution in [0.25, 0.3) is 0 Å². The molecular weight excluding hydrogens is 590 g/mol. The molecule has 214 valence electrons. The lowest BCUT2D eigenvalue weighted by Crippen LogP contribution is -2.54. The third-order valence-corrected chi connectivity index (χ3v) is 8.45. The zero-order valence-electron chi connectivity index (χ0n) is 23.7. The fraction of sp³-hybridized carbons (Fsp3) is 0.355. The Labute approximate surface area is 246 Å². The Hall–Kier alpha value is -3.17. The van der Waals surface area contributed by atoms with Gasteiger partial charge in [0.15, 0.2) is 0 Å². The van der Waals surface area contributed by atoms with Crippen molar-refractivity contribution in [2.24, 2.45) is 0 Å². The summed E-state index contributed by atoms with van der Waals surface area (Å²) in [5, 5.41) is 3.04. The number of nitrogens with one attached hydrogen (secondary N) is 1. The van der Waals surface area contributed by atoms with Gasteiger partial charge in [0, 0.05) is 23.5 Å². The summed E-state index contributed by atoms with van der Waals surface area (Å²) in [7, 11) is -3.82. The van der Waals surface area contributed by atoms with Crippen LogP contribution >= 0.6 is 15.9 Å². The molecule has 3 aromatic carbocycles. The van der Waals surface area contributed by atoms with Gasteiger partial charge in [-0.25, -0.2) is 8.42 Å². The molecule has 0 aliphatic carbocycles. The zero-order valence-corrected chi connectivity index (χ0v) is 26.1. The van der Waals surface area contributed by atoms with Gasteiger partial charge in [-0.3, -0.25) is 13.9 Å². The van der Waals surface area contributed by atoms with Gasteiger partial charge in [0.2, 0.25) is 21.8 Å². The third-order valence-electron chi connectivity index (χ3n) is 6.83. The van der Waals surface area contributed by atoms with E-state index in [-0.39, 0.29) is 24.9 Å². The minimum Gasteiger partial charge on any atom is -0.352 e. The maximum Gasteiger partial charge on any atom is 0.244 e. The van der Waals surface area contributed by atoms with Gasteiger partial charge in [0.1, 0.15) is 12.6 Å². The van der Waals surface area contributed by atoms with Crippen molar-refractivity contribution >= 4 is 43.5 Å². The first-order chi connectivity index (χ1) is 18.9. The van der Waals surface area contributed by atoms with Gasteiger partial charge in [-0.2, -0.15) is 0 Å². The van der Waals surface area contributed by atoms with Crippen molar-refractivity contribution in [3.8, 4) is 0 Å². The van der Waals surface area contributed by atoms with Crippen LogP contribution in [0.5, 0.6) is 0 Å². The average Bonchev–Trinajstić information content (AvgIpc) is 2.90. The van der Waals surface area contributed by atoms with E-state index >= 15 is 0 Å². The molecule has 0 saturated heterocycles. The quantitative estimate of drug-likeness (QED) is 0.292. The van der Waals surface area contributed by atoms with Crippen LogP contribution in [-0.2, 0) is 32.6 Å². The topological polar surface area (TPSA) is 86.8 Å². The van der Waals surface area contributed by atoms with Gasteiger partial charge >= 0.3 is 0 Å². The standard InChI is InChI=1S/C31H38BrN3O4S/c1-6-24(4)33-31(37)29(19-25-11-8-7-9-12-25)34(20-26-13-10-14-27(32)18-26)30(36)21-35(40(5,38)39)28-17-22(2)15-16-23(28)3/h7-18,24,29H,6,19-21H2,1-5H3,(H,33,37)/t24-,29-/m1/s1. The van der Waals surface area contributed by atoms with E-state index < -0.39 is 28.5 Å². The first-order valence-electron chi connectivity index (χ1n) is 13.3. The molecule has 0 saturated carbocycles. The molecule has 0 fully saturated rings. The molecule has 9 heteroatoms. The van der Waals surface area contributed by atoms with E-state index in [9.17, 15) is 18.0 Å². The molecule has 0 heterocycles. The summed E-state index contributed by atoms with van der Waals surface area (Å²) in [6, 6.07) is 21.6. The number of benzene rings is 3. The molecule has 3 aromatic rings. The largest absolute Gasteiger partial charge is 0.352 e. The number of sulfonamides is 1. The average molecular weight is 629 g/mol. The summed E-state index contributed by atoms with van der Waals surface area (Å²) >= 11 is 3.49. The van der Waals surface area contributed by atoms with Crippen molar-refractivity contribution in [3.05, 3.63) is 99.5 Å². The van der Waals surface area contributed by atoms with Crippen molar-refractivity contribution in [3.63, 3.8) is 0 Å². The second-order valence-corrected chi connectivity index (χ2v) is 13.1. The highest BCUT2D eigenvalue weighted by atomic mass is 79.9. The zero-order chi connectivity index (χ0) is 29.4. The number of carbonyl (C=O) groups is 2. The van der Waals surface area contributed by atoms with Gasteiger partial charge < -0.3 is 10.2 Å². The van der Waals surface area contributed by atoms with Crippen LogP contribution in [0.2, 0.25) is 0 Å². The highest BCUT2D eigenvalue weighted by Crippen LogP contribution is 2.25. The first kappa shape index (κ1) is 31.4. The molecule has 2 atom stereocenters. The number of aryl methyl sites for hydroxylation is 2. The molecule has 40 heavy (non-hydrogen) atoms. The van der Waals surface area contributed by atoms with E-state index in [2.05, 4.69) is 21.2 Å². The van der Waals surface area contributed by atoms with Crippen LogP contribution in [-0.4, -0.2) is 50.0 Å². The number of nitrogens with zero attached hydrogens (tertiary/aromatic N) is 2. The van der Waals surface area contributed by atoms with E-state index in [4.69, 9.17) is 0 Å². The fourth-order valence-corrected chi connectivity index (χ4v) is 5.76. The molecule has 0 unspecified atom stereocenters. The Kier molecular flexibility index (Phi) is 10.9. The number of amides is 2. The van der Waals surface area contributed by atoms with E-state index in [1.807, 2.05) is 94.4 Å². The molecule has 0 aromatic heterocycles. The lowest BCUT2D eigenvalue weighted by Gasteiger charge is -2.34. The van der Waals surface area contributed by atoms with Crippen LogP contribution in [0.15, 0.2) is 77.3 Å². The monoisotopic (exact) mass is 627 g/mol. The predicted molar refractivity (Wildman–Crippen MR) is 165 cm³/mol. The molecule has 3 rings (SSSR count). The SMILES string of the molecule is CC[C@@H](C)NC(=O)[C@@H](Cc1ccccc1)N(Cc1cccc(Br)c1)C(=O)CN(c1cc(C)ccc1C)S(C)(=O)=O. The molecule has 7 nitrogen and oxygen atoms in total. The van der Waals surface area contributed by atoms with Crippen LogP contribution in [0.3, 0.4) is 0 Å². The molecule has 0 spiro atoms. The second kappa shape index (κ2) is 13.9. The Morgan fingerprint density at radius 3 is 2.25 bits per heavy atom. The maximum atomic E-state index is 14.2. The fourth-order valence-electron chi connectivity index (χ4n) is 4.41. The van der Waals surface area contributed by atoms with Gasteiger partial charge in [-0.05, 0) is 67.6 Å². The molecule has 1 N–H and O–H groups in total. The minimum absolute atomic E-state index is 0.0870. The minimum atomic E-state index is -3.82. The molecule has 0 bridgehead atoms. The highest BCUT2D eigenvalue weighted by Gasteiger charge is 2.33. The molecular formula is C31H38BrN3O4S. The van der Waals surface area contributed by atoms with Crippen molar-refractivity contribution in [2.45, 2.75) is 59.2 Å².